The van der Waals surface area contributed by atoms with Gasteiger partial charge in [-0.1, -0.05) is 19.9 Å². The molecule has 0 radical (unpaired) electrons. The standard InChI is InChI=1S/C18H20N4O/c1-12(2)17-21-15-10-13(7-8-16(15)22(17)3)18(23)20-11-14-6-4-5-9-19-14/h4-10,12H,11H2,1-3H3,(H,20,23). The van der Waals surface area contributed by atoms with Gasteiger partial charge in [-0.25, -0.2) is 4.98 Å². The van der Waals surface area contributed by atoms with Gasteiger partial charge >= 0.3 is 0 Å². The third kappa shape index (κ3) is 3.08. The molecular weight excluding hydrogens is 288 g/mol. The highest BCUT2D eigenvalue weighted by Crippen LogP contribution is 2.21. The number of rotatable bonds is 4. The summed E-state index contributed by atoms with van der Waals surface area (Å²) < 4.78 is 2.08. The monoisotopic (exact) mass is 308 g/mol. The summed E-state index contributed by atoms with van der Waals surface area (Å²) in [5.41, 5.74) is 3.33. The van der Waals surface area contributed by atoms with Crippen LogP contribution in [0.1, 0.15) is 41.6 Å². The second kappa shape index (κ2) is 6.20. The van der Waals surface area contributed by atoms with Crippen LogP contribution in [0, 0.1) is 0 Å². The van der Waals surface area contributed by atoms with E-state index in [1.807, 2.05) is 43.4 Å². The van der Waals surface area contributed by atoms with Crippen LogP contribution in [-0.2, 0) is 13.6 Å². The quantitative estimate of drug-likeness (QED) is 0.806. The zero-order valence-corrected chi connectivity index (χ0v) is 13.6. The van der Waals surface area contributed by atoms with Gasteiger partial charge in [-0.05, 0) is 30.3 Å². The van der Waals surface area contributed by atoms with Crippen molar-refractivity contribution in [2.75, 3.05) is 0 Å². The first kappa shape index (κ1) is 15.2. The van der Waals surface area contributed by atoms with Crippen molar-refractivity contribution in [3.63, 3.8) is 0 Å². The van der Waals surface area contributed by atoms with Gasteiger partial charge in [-0.2, -0.15) is 0 Å². The molecule has 3 rings (SSSR count). The Kier molecular flexibility index (Phi) is 4.10. The van der Waals surface area contributed by atoms with Gasteiger partial charge < -0.3 is 9.88 Å². The Morgan fingerprint density at radius 2 is 2.09 bits per heavy atom. The number of carbonyl (C=O) groups is 1. The van der Waals surface area contributed by atoms with Crippen LogP contribution >= 0.6 is 0 Å². The van der Waals surface area contributed by atoms with Crippen molar-refractivity contribution < 1.29 is 4.79 Å². The molecule has 2 aromatic heterocycles. The maximum atomic E-state index is 12.3. The summed E-state index contributed by atoms with van der Waals surface area (Å²) in [7, 11) is 2.01. The number of hydrogen-bond acceptors (Lipinski definition) is 3. The Hall–Kier alpha value is -2.69. The Labute approximate surface area is 135 Å². The van der Waals surface area contributed by atoms with E-state index in [1.54, 1.807) is 6.20 Å². The van der Waals surface area contributed by atoms with Crippen molar-refractivity contribution in [2.24, 2.45) is 7.05 Å². The SMILES string of the molecule is CC(C)c1nc2cc(C(=O)NCc3ccccn3)ccc2n1C. The number of fused-ring (bicyclic) bond motifs is 1. The molecule has 118 valence electrons. The van der Waals surface area contributed by atoms with Crippen molar-refractivity contribution >= 4 is 16.9 Å². The Morgan fingerprint density at radius 3 is 2.78 bits per heavy atom. The second-order valence-corrected chi connectivity index (χ2v) is 5.89. The van der Waals surface area contributed by atoms with Crippen LogP contribution in [-0.4, -0.2) is 20.4 Å². The Bertz CT molecular complexity index is 837. The minimum absolute atomic E-state index is 0.116. The molecule has 1 aromatic carbocycles. The average Bonchev–Trinajstić information content (AvgIpc) is 2.90. The summed E-state index contributed by atoms with van der Waals surface area (Å²) in [4.78, 5) is 21.2. The summed E-state index contributed by atoms with van der Waals surface area (Å²) in [6.07, 6.45) is 1.72. The van der Waals surface area contributed by atoms with E-state index in [0.717, 1.165) is 22.6 Å². The van der Waals surface area contributed by atoms with Crippen molar-refractivity contribution in [1.82, 2.24) is 19.9 Å². The maximum Gasteiger partial charge on any atom is 0.251 e. The lowest BCUT2D eigenvalue weighted by Crippen LogP contribution is -2.23. The van der Waals surface area contributed by atoms with Gasteiger partial charge in [0.25, 0.3) is 5.91 Å². The lowest BCUT2D eigenvalue weighted by atomic mass is 10.2. The molecule has 0 saturated heterocycles. The van der Waals surface area contributed by atoms with Gasteiger partial charge in [0.15, 0.2) is 0 Å². The number of nitrogens with zero attached hydrogens (tertiary/aromatic N) is 3. The van der Waals surface area contributed by atoms with Crippen LogP contribution < -0.4 is 5.32 Å². The fourth-order valence-corrected chi connectivity index (χ4v) is 2.65. The summed E-state index contributed by atoms with van der Waals surface area (Å²) in [6, 6.07) is 11.3. The zero-order chi connectivity index (χ0) is 16.4. The zero-order valence-electron chi connectivity index (χ0n) is 13.6. The highest BCUT2D eigenvalue weighted by molar-refractivity contribution is 5.97. The molecule has 1 N–H and O–H groups in total. The van der Waals surface area contributed by atoms with Crippen molar-refractivity contribution in [3.05, 3.63) is 59.7 Å². The predicted molar refractivity (Wildman–Crippen MR) is 90.2 cm³/mol. The van der Waals surface area contributed by atoms with Gasteiger partial charge in [0.1, 0.15) is 5.82 Å². The molecule has 5 heteroatoms. The molecular formula is C18H20N4O. The first-order valence-electron chi connectivity index (χ1n) is 7.70. The van der Waals surface area contributed by atoms with E-state index in [9.17, 15) is 4.79 Å². The van der Waals surface area contributed by atoms with E-state index in [2.05, 4.69) is 33.7 Å². The van der Waals surface area contributed by atoms with Gasteiger partial charge in [0.05, 0.1) is 23.3 Å². The molecule has 3 aromatic rings. The molecule has 0 aliphatic heterocycles. The molecule has 23 heavy (non-hydrogen) atoms. The highest BCUT2D eigenvalue weighted by atomic mass is 16.1. The first-order valence-corrected chi connectivity index (χ1v) is 7.70. The van der Waals surface area contributed by atoms with Crippen LogP contribution in [0.5, 0.6) is 0 Å². The summed E-state index contributed by atoms with van der Waals surface area (Å²) in [5.74, 6) is 1.24. The molecule has 0 fully saturated rings. The van der Waals surface area contributed by atoms with E-state index < -0.39 is 0 Å². The molecule has 0 atom stereocenters. The highest BCUT2D eigenvalue weighted by Gasteiger charge is 2.13. The molecule has 0 saturated carbocycles. The van der Waals surface area contributed by atoms with Crippen molar-refractivity contribution in [3.8, 4) is 0 Å². The molecule has 1 amide bonds. The van der Waals surface area contributed by atoms with Gasteiger partial charge in [-0.15, -0.1) is 0 Å². The smallest absolute Gasteiger partial charge is 0.251 e. The van der Waals surface area contributed by atoms with Crippen molar-refractivity contribution in [1.29, 1.82) is 0 Å². The van der Waals surface area contributed by atoms with Crippen molar-refractivity contribution in [2.45, 2.75) is 26.3 Å². The first-order chi connectivity index (χ1) is 11.1. The fourth-order valence-electron chi connectivity index (χ4n) is 2.65. The van der Waals surface area contributed by atoms with E-state index in [4.69, 9.17) is 0 Å². The minimum atomic E-state index is -0.116. The van der Waals surface area contributed by atoms with E-state index in [-0.39, 0.29) is 5.91 Å². The molecule has 0 spiro atoms. The van der Waals surface area contributed by atoms with Crippen LogP contribution in [0.25, 0.3) is 11.0 Å². The number of nitrogens with one attached hydrogen (secondary N) is 1. The lowest BCUT2D eigenvalue weighted by molar-refractivity contribution is 0.0950. The Balaban J connectivity index is 1.81. The van der Waals surface area contributed by atoms with E-state index in [1.165, 1.54) is 0 Å². The molecule has 0 aliphatic rings. The average molecular weight is 308 g/mol. The number of amides is 1. The molecule has 0 bridgehead atoms. The minimum Gasteiger partial charge on any atom is -0.346 e. The fraction of sp³-hybridized carbons (Fsp3) is 0.278. The third-order valence-electron chi connectivity index (χ3n) is 3.85. The number of imidazole rings is 1. The molecule has 2 heterocycles. The molecule has 0 aliphatic carbocycles. The molecule has 5 nitrogen and oxygen atoms in total. The second-order valence-electron chi connectivity index (χ2n) is 5.89. The lowest BCUT2D eigenvalue weighted by Gasteiger charge is -2.05. The van der Waals surface area contributed by atoms with E-state index in [0.29, 0.717) is 18.0 Å². The molecule has 0 unspecified atom stereocenters. The summed E-state index contributed by atoms with van der Waals surface area (Å²) in [5, 5.41) is 2.89. The van der Waals surface area contributed by atoms with Crippen LogP contribution in [0.2, 0.25) is 0 Å². The van der Waals surface area contributed by atoms with Gasteiger partial charge in [0, 0.05) is 24.7 Å². The number of aryl methyl sites for hydroxylation is 1. The maximum absolute atomic E-state index is 12.3. The Morgan fingerprint density at radius 1 is 1.26 bits per heavy atom. The normalized spacial score (nSPS) is 11.1. The summed E-state index contributed by atoms with van der Waals surface area (Å²) in [6.45, 7) is 4.64. The van der Waals surface area contributed by atoms with Gasteiger partial charge in [-0.3, -0.25) is 9.78 Å². The number of carbonyl (C=O) groups excluding carboxylic acids is 1. The number of pyridine rings is 1. The number of benzene rings is 1. The van der Waals surface area contributed by atoms with Crippen LogP contribution in [0.15, 0.2) is 42.6 Å². The topological polar surface area (TPSA) is 59.8 Å². The van der Waals surface area contributed by atoms with Crippen LogP contribution in [0.4, 0.5) is 0 Å². The van der Waals surface area contributed by atoms with Crippen LogP contribution in [0.3, 0.4) is 0 Å². The number of hydrogen-bond donors (Lipinski definition) is 1. The largest absolute Gasteiger partial charge is 0.346 e. The van der Waals surface area contributed by atoms with E-state index >= 15 is 0 Å². The predicted octanol–water partition coefficient (Wildman–Crippen LogP) is 3.02. The third-order valence-corrected chi connectivity index (χ3v) is 3.85. The summed E-state index contributed by atoms with van der Waals surface area (Å²) >= 11 is 0. The van der Waals surface area contributed by atoms with Gasteiger partial charge in [0.2, 0.25) is 0 Å². The number of aromatic nitrogens is 3.